The van der Waals surface area contributed by atoms with Crippen molar-refractivity contribution < 1.29 is 14.4 Å². The molecule has 1 unspecified atom stereocenters. The number of carbonyl (C=O) groups is 1. The molecule has 2 heterocycles. The molecule has 1 fully saturated rings. The van der Waals surface area contributed by atoms with E-state index < -0.39 is 0 Å². The Labute approximate surface area is 105 Å². The van der Waals surface area contributed by atoms with Crippen LogP contribution in [-0.4, -0.2) is 40.9 Å². The number of rotatable bonds is 6. The normalized spacial score (nSPS) is 19.1. The lowest BCUT2D eigenvalue weighted by atomic mass is 10.2. The van der Waals surface area contributed by atoms with E-state index in [9.17, 15) is 4.79 Å². The predicted octanol–water partition coefficient (Wildman–Crippen LogP) is -0.00360. The van der Waals surface area contributed by atoms with Gasteiger partial charge in [0, 0.05) is 13.2 Å². The summed E-state index contributed by atoms with van der Waals surface area (Å²) >= 11 is 0. The third-order valence-electron chi connectivity index (χ3n) is 2.87. The molecule has 3 N–H and O–H groups in total. The lowest BCUT2D eigenvalue weighted by Gasteiger charge is -2.01. The van der Waals surface area contributed by atoms with Crippen LogP contribution >= 0.6 is 0 Å². The number of hydrogen-bond acceptors (Lipinski definition) is 6. The van der Waals surface area contributed by atoms with Gasteiger partial charge in [0.05, 0.1) is 6.04 Å². The van der Waals surface area contributed by atoms with Crippen molar-refractivity contribution in [3.63, 3.8) is 0 Å². The summed E-state index contributed by atoms with van der Waals surface area (Å²) in [6, 6.07) is 0.0773. The van der Waals surface area contributed by atoms with Crippen LogP contribution in [0.3, 0.4) is 0 Å². The molecule has 2 rings (SSSR count). The van der Waals surface area contributed by atoms with E-state index in [1.165, 1.54) is 0 Å². The molecule has 0 saturated carbocycles. The maximum Gasteiger partial charge on any atom is 0.292 e. The molecule has 0 radical (unpaired) electrons. The van der Waals surface area contributed by atoms with Crippen LogP contribution in [0.1, 0.15) is 48.2 Å². The van der Waals surface area contributed by atoms with Gasteiger partial charge in [-0.3, -0.25) is 4.79 Å². The maximum absolute atomic E-state index is 11.7. The van der Waals surface area contributed by atoms with Crippen molar-refractivity contribution in [3.05, 3.63) is 11.7 Å². The molecule has 100 valence electrons. The number of unbranched alkanes of at least 4 members (excludes halogenated alkanes) is 1. The van der Waals surface area contributed by atoms with Gasteiger partial charge in [-0.2, -0.15) is 4.98 Å². The van der Waals surface area contributed by atoms with Gasteiger partial charge in [-0.25, -0.2) is 0 Å². The van der Waals surface area contributed by atoms with Crippen LogP contribution in [0.25, 0.3) is 0 Å². The lowest BCUT2D eigenvalue weighted by molar-refractivity contribution is 0.0938. The monoisotopic (exact) mass is 254 g/mol. The summed E-state index contributed by atoms with van der Waals surface area (Å²) in [5.74, 6) is 0.219. The van der Waals surface area contributed by atoms with Crippen molar-refractivity contribution in [3.8, 4) is 0 Å². The van der Waals surface area contributed by atoms with E-state index >= 15 is 0 Å². The Kier molecular flexibility index (Phi) is 4.66. The summed E-state index contributed by atoms with van der Waals surface area (Å²) in [5.41, 5.74) is 0. The largest absolute Gasteiger partial charge is 0.396 e. The highest BCUT2D eigenvalue weighted by Gasteiger charge is 2.24. The zero-order valence-electron chi connectivity index (χ0n) is 10.2. The number of aliphatic hydroxyl groups is 1. The van der Waals surface area contributed by atoms with Crippen LogP contribution in [0, 0.1) is 0 Å². The molecule has 0 aromatic carbocycles. The molecule has 1 atom stereocenters. The average molecular weight is 254 g/mol. The fourth-order valence-corrected chi connectivity index (χ4v) is 1.88. The minimum Gasteiger partial charge on any atom is -0.396 e. The summed E-state index contributed by atoms with van der Waals surface area (Å²) in [6.45, 7) is 1.58. The number of nitrogens with zero attached hydrogens (tertiary/aromatic N) is 2. The van der Waals surface area contributed by atoms with E-state index in [2.05, 4.69) is 20.8 Å². The van der Waals surface area contributed by atoms with Crippen LogP contribution in [0.15, 0.2) is 4.52 Å². The standard InChI is InChI=1S/C11H18N4O3/c16-7-2-1-5-13-10(17)9-14-11(18-15-9)8-4-3-6-12-8/h8,12,16H,1-7H2,(H,13,17). The van der Waals surface area contributed by atoms with Crippen molar-refractivity contribution in [2.45, 2.75) is 31.7 Å². The first-order valence-corrected chi connectivity index (χ1v) is 6.27. The number of carbonyl (C=O) groups excluding carboxylic acids is 1. The number of amides is 1. The van der Waals surface area contributed by atoms with Crippen molar-refractivity contribution >= 4 is 5.91 Å². The molecule has 0 bridgehead atoms. The fourth-order valence-electron chi connectivity index (χ4n) is 1.88. The average Bonchev–Trinajstić information content (AvgIpc) is 3.03. The minimum atomic E-state index is -0.332. The van der Waals surface area contributed by atoms with Crippen LogP contribution in [-0.2, 0) is 0 Å². The van der Waals surface area contributed by atoms with Crippen LogP contribution < -0.4 is 10.6 Å². The zero-order valence-corrected chi connectivity index (χ0v) is 10.2. The van der Waals surface area contributed by atoms with E-state index in [1.807, 2.05) is 0 Å². The second-order valence-electron chi connectivity index (χ2n) is 4.29. The SMILES string of the molecule is O=C(NCCCCO)c1noc(C2CCCN2)n1. The molecule has 1 saturated heterocycles. The molecule has 0 spiro atoms. The highest BCUT2D eigenvalue weighted by molar-refractivity contribution is 5.90. The van der Waals surface area contributed by atoms with Crippen molar-refractivity contribution in [1.29, 1.82) is 0 Å². The van der Waals surface area contributed by atoms with Gasteiger partial charge in [0.2, 0.25) is 5.89 Å². The summed E-state index contributed by atoms with van der Waals surface area (Å²) in [7, 11) is 0. The third kappa shape index (κ3) is 3.27. The van der Waals surface area contributed by atoms with Crippen LogP contribution in [0.4, 0.5) is 0 Å². The van der Waals surface area contributed by atoms with E-state index in [0.717, 1.165) is 25.8 Å². The van der Waals surface area contributed by atoms with Gasteiger partial charge < -0.3 is 20.3 Å². The molecule has 7 heteroatoms. The Morgan fingerprint density at radius 1 is 1.56 bits per heavy atom. The molecule has 1 amide bonds. The fraction of sp³-hybridized carbons (Fsp3) is 0.727. The molecule has 1 aliphatic rings. The summed E-state index contributed by atoms with van der Waals surface area (Å²) in [6.07, 6.45) is 3.44. The smallest absolute Gasteiger partial charge is 0.292 e. The van der Waals surface area contributed by atoms with Gasteiger partial charge in [-0.05, 0) is 32.2 Å². The van der Waals surface area contributed by atoms with Gasteiger partial charge >= 0.3 is 0 Å². The Morgan fingerprint density at radius 2 is 2.44 bits per heavy atom. The summed E-state index contributed by atoms with van der Waals surface area (Å²) in [5, 5.41) is 18.2. The highest BCUT2D eigenvalue weighted by Crippen LogP contribution is 2.20. The quantitative estimate of drug-likeness (QED) is 0.618. The zero-order chi connectivity index (χ0) is 12.8. The van der Waals surface area contributed by atoms with E-state index in [1.54, 1.807) is 0 Å². The Bertz CT molecular complexity index is 387. The second-order valence-corrected chi connectivity index (χ2v) is 4.29. The number of aliphatic hydroxyl groups excluding tert-OH is 1. The lowest BCUT2D eigenvalue weighted by Crippen LogP contribution is -2.25. The highest BCUT2D eigenvalue weighted by atomic mass is 16.5. The Morgan fingerprint density at radius 3 is 3.17 bits per heavy atom. The molecule has 1 aromatic heterocycles. The third-order valence-corrected chi connectivity index (χ3v) is 2.87. The summed E-state index contributed by atoms with van der Waals surface area (Å²) in [4.78, 5) is 15.7. The van der Waals surface area contributed by atoms with E-state index in [-0.39, 0.29) is 24.4 Å². The number of nitrogens with one attached hydrogen (secondary N) is 2. The van der Waals surface area contributed by atoms with Crippen molar-refractivity contribution in [2.75, 3.05) is 19.7 Å². The topological polar surface area (TPSA) is 100 Å². The molecule has 1 aromatic rings. The first kappa shape index (κ1) is 13.0. The second kappa shape index (κ2) is 6.46. The Hall–Kier alpha value is -1.47. The molecule has 18 heavy (non-hydrogen) atoms. The molecule has 1 aliphatic heterocycles. The Balaban J connectivity index is 1.83. The maximum atomic E-state index is 11.7. The molecular formula is C11H18N4O3. The van der Waals surface area contributed by atoms with Gasteiger partial charge in [0.15, 0.2) is 0 Å². The minimum absolute atomic E-state index is 0.0719. The number of aromatic nitrogens is 2. The van der Waals surface area contributed by atoms with Gasteiger partial charge in [-0.15, -0.1) is 0 Å². The van der Waals surface area contributed by atoms with Crippen LogP contribution in [0.2, 0.25) is 0 Å². The predicted molar refractivity (Wildman–Crippen MR) is 62.9 cm³/mol. The van der Waals surface area contributed by atoms with Gasteiger partial charge in [-0.1, -0.05) is 5.16 Å². The van der Waals surface area contributed by atoms with Crippen molar-refractivity contribution in [2.24, 2.45) is 0 Å². The molecule has 0 aliphatic carbocycles. The summed E-state index contributed by atoms with van der Waals surface area (Å²) < 4.78 is 5.07. The van der Waals surface area contributed by atoms with E-state index in [4.69, 9.17) is 9.63 Å². The van der Waals surface area contributed by atoms with Gasteiger partial charge in [0.25, 0.3) is 11.7 Å². The van der Waals surface area contributed by atoms with Crippen molar-refractivity contribution in [1.82, 2.24) is 20.8 Å². The first-order valence-electron chi connectivity index (χ1n) is 6.27. The van der Waals surface area contributed by atoms with Crippen LogP contribution in [0.5, 0.6) is 0 Å². The molecular weight excluding hydrogens is 236 g/mol. The number of hydrogen-bond donors (Lipinski definition) is 3. The van der Waals surface area contributed by atoms with E-state index in [0.29, 0.717) is 18.9 Å². The van der Waals surface area contributed by atoms with Gasteiger partial charge in [0.1, 0.15) is 0 Å². The molecule has 7 nitrogen and oxygen atoms in total. The first-order chi connectivity index (χ1) is 8.81.